The summed E-state index contributed by atoms with van der Waals surface area (Å²) in [5, 5.41) is 11.9. The van der Waals surface area contributed by atoms with Crippen molar-refractivity contribution in [2.45, 2.75) is 6.92 Å². The Morgan fingerprint density at radius 3 is 2.86 bits per heavy atom. The number of hydrogen-bond acceptors (Lipinski definition) is 3. The Morgan fingerprint density at radius 2 is 2.23 bits per heavy atom. The van der Waals surface area contributed by atoms with Crippen LogP contribution in [-0.2, 0) is 11.8 Å². The lowest BCUT2D eigenvalue weighted by Crippen LogP contribution is -2.13. The highest BCUT2D eigenvalue weighted by Crippen LogP contribution is 2.18. The van der Waals surface area contributed by atoms with E-state index < -0.39 is 5.91 Å². The lowest BCUT2D eigenvalue weighted by atomic mass is 10.2. The Bertz CT molecular complexity index is 738. The number of aryl methyl sites for hydroxylation is 1. The summed E-state index contributed by atoms with van der Waals surface area (Å²) in [7, 11) is 1.85. The van der Waals surface area contributed by atoms with E-state index in [4.69, 9.17) is 4.74 Å². The minimum Gasteiger partial charge on any atom is -0.494 e. The number of ether oxygens (including phenoxy) is 1. The number of hydrogen-bond donors (Lipinski definition) is 1. The predicted molar refractivity (Wildman–Crippen MR) is 85.2 cm³/mol. The summed E-state index contributed by atoms with van der Waals surface area (Å²) in [6, 6.07) is 12.7. The topological polar surface area (TPSA) is 67.0 Å². The zero-order valence-corrected chi connectivity index (χ0v) is 12.5. The Labute approximate surface area is 129 Å². The Morgan fingerprint density at radius 1 is 1.41 bits per heavy atom. The zero-order valence-electron chi connectivity index (χ0n) is 12.5. The fourth-order valence-electron chi connectivity index (χ4n) is 1.95. The van der Waals surface area contributed by atoms with Crippen LogP contribution in [0, 0.1) is 11.3 Å². The van der Waals surface area contributed by atoms with Crippen LogP contribution in [-0.4, -0.2) is 17.1 Å². The van der Waals surface area contributed by atoms with E-state index in [2.05, 4.69) is 5.32 Å². The minimum absolute atomic E-state index is 0.0450. The number of nitriles is 1. The fourth-order valence-corrected chi connectivity index (χ4v) is 1.95. The number of nitrogens with one attached hydrogen (secondary N) is 1. The highest BCUT2D eigenvalue weighted by Gasteiger charge is 2.10. The van der Waals surface area contributed by atoms with Gasteiger partial charge >= 0.3 is 0 Å². The maximum absolute atomic E-state index is 12.2. The molecular formula is C17H17N3O2. The van der Waals surface area contributed by atoms with E-state index in [-0.39, 0.29) is 5.57 Å². The van der Waals surface area contributed by atoms with Crippen molar-refractivity contribution in [3.63, 3.8) is 0 Å². The zero-order chi connectivity index (χ0) is 15.9. The molecule has 2 rings (SSSR count). The number of aromatic nitrogens is 1. The number of carbonyl (C=O) groups is 1. The molecule has 1 heterocycles. The van der Waals surface area contributed by atoms with E-state index in [0.717, 1.165) is 5.69 Å². The van der Waals surface area contributed by atoms with Crippen LogP contribution in [0.5, 0.6) is 5.75 Å². The maximum atomic E-state index is 12.2. The van der Waals surface area contributed by atoms with Gasteiger partial charge in [-0.1, -0.05) is 6.07 Å². The molecule has 1 aromatic carbocycles. The fraction of sp³-hybridized carbons (Fsp3) is 0.176. The monoisotopic (exact) mass is 295 g/mol. The first-order chi connectivity index (χ1) is 10.6. The molecule has 0 saturated heterocycles. The minimum atomic E-state index is -0.447. The first-order valence-electron chi connectivity index (χ1n) is 6.91. The van der Waals surface area contributed by atoms with Crippen molar-refractivity contribution in [1.29, 1.82) is 5.26 Å². The molecule has 0 aliphatic heterocycles. The van der Waals surface area contributed by atoms with Gasteiger partial charge in [-0.3, -0.25) is 4.79 Å². The van der Waals surface area contributed by atoms with Gasteiger partial charge < -0.3 is 14.6 Å². The van der Waals surface area contributed by atoms with Crippen molar-refractivity contribution in [2.75, 3.05) is 11.9 Å². The van der Waals surface area contributed by atoms with E-state index in [0.29, 0.717) is 18.0 Å². The summed E-state index contributed by atoms with van der Waals surface area (Å²) in [6.45, 7) is 2.44. The molecule has 1 amide bonds. The Kier molecular flexibility index (Phi) is 4.99. The van der Waals surface area contributed by atoms with Crippen molar-refractivity contribution in [3.05, 3.63) is 53.9 Å². The van der Waals surface area contributed by atoms with Gasteiger partial charge in [0, 0.05) is 30.7 Å². The maximum Gasteiger partial charge on any atom is 0.266 e. The summed E-state index contributed by atoms with van der Waals surface area (Å²) < 4.78 is 7.22. The van der Waals surface area contributed by atoms with Crippen LogP contribution in [0.25, 0.3) is 6.08 Å². The van der Waals surface area contributed by atoms with Crippen LogP contribution in [0.4, 0.5) is 5.69 Å². The third kappa shape index (κ3) is 3.76. The van der Waals surface area contributed by atoms with E-state index in [9.17, 15) is 10.1 Å². The summed E-state index contributed by atoms with van der Waals surface area (Å²) in [4.78, 5) is 12.2. The van der Waals surface area contributed by atoms with Gasteiger partial charge in [-0.15, -0.1) is 0 Å². The quantitative estimate of drug-likeness (QED) is 0.681. The number of anilines is 1. The second-order valence-corrected chi connectivity index (χ2v) is 4.63. The standard InChI is InChI=1S/C17H17N3O2/c1-3-22-16-8-4-6-14(11-16)19-17(21)13(12-18)10-15-7-5-9-20(15)2/h4-11H,3H2,1-2H3,(H,19,21)/b13-10-. The number of nitrogens with zero attached hydrogens (tertiary/aromatic N) is 2. The van der Waals surface area contributed by atoms with E-state index in [1.54, 1.807) is 24.3 Å². The molecule has 0 unspecified atom stereocenters. The number of rotatable bonds is 5. The van der Waals surface area contributed by atoms with E-state index >= 15 is 0 Å². The molecule has 5 nitrogen and oxygen atoms in total. The van der Waals surface area contributed by atoms with Gasteiger partial charge in [-0.25, -0.2) is 0 Å². The van der Waals surface area contributed by atoms with Crippen LogP contribution in [0.15, 0.2) is 48.2 Å². The molecule has 1 N–H and O–H groups in total. The van der Waals surface area contributed by atoms with Gasteiger partial charge in [0.1, 0.15) is 17.4 Å². The Hall–Kier alpha value is -3.00. The third-order valence-electron chi connectivity index (χ3n) is 3.04. The number of benzene rings is 1. The van der Waals surface area contributed by atoms with Crippen LogP contribution >= 0.6 is 0 Å². The summed E-state index contributed by atoms with van der Waals surface area (Å²) >= 11 is 0. The van der Waals surface area contributed by atoms with Crippen molar-refractivity contribution in [1.82, 2.24) is 4.57 Å². The highest BCUT2D eigenvalue weighted by atomic mass is 16.5. The largest absolute Gasteiger partial charge is 0.494 e. The smallest absolute Gasteiger partial charge is 0.266 e. The second kappa shape index (κ2) is 7.14. The third-order valence-corrected chi connectivity index (χ3v) is 3.04. The molecule has 0 aliphatic carbocycles. The van der Waals surface area contributed by atoms with Crippen molar-refractivity contribution in [2.24, 2.45) is 7.05 Å². The number of carbonyl (C=O) groups excluding carboxylic acids is 1. The van der Waals surface area contributed by atoms with Crippen LogP contribution in [0.2, 0.25) is 0 Å². The SMILES string of the molecule is CCOc1cccc(NC(=O)/C(C#N)=C\c2cccn2C)c1. The molecule has 0 atom stereocenters. The lowest BCUT2D eigenvalue weighted by molar-refractivity contribution is -0.112. The van der Waals surface area contributed by atoms with Gasteiger partial charge in [0.15, 0.2) is 0 Å². The Balaban J connectivity index is 2.17. The molecule has 0 radical (unpaired) electrons. The van der Waals surface area contributed by atoms with Gasteiger partial charge in [0.2, 0.25) is 0 Å². The first kappa shape index (κ1) is 15.4. The molecule has 22 heavy (non-hydrogen) atoms. The van der Waals surface area contributed by atoms with Gasteiger partial charge in [0.05, 0.1) is 6.61 Å². The summed E-state index contributed by atoms with van der Waals surface area (Å²) in [6.07, 6.45) is 3.41. The van der Waals surface area contributed by atoms with Crippen molar-refractivity contribution < 1.29 is 9.53 Å². The molecule has 112 valence electrons. The number of amides is 1. The average molecular weight is 295 g/mol. The highest BCUT2D eigenvalue weighted by molar-refractivity contribution is 6.09. The molecule has 0 fully saturated rings. The predicted octanol–water partition coefficient (Wildman–Crippen LogP) is 2.97. The molecule has 0 aliphatic rings. The summed E-state index contributed by atoms with van der Waals surface area (Å²) in [5.41, 5.74) is 1.42. The van der Waals surface area contributed by atoms with Crippen LogP contribution in [0.3, 0.4) is 0 Å². The molecule has 1 aromatic heterocycles. The van der Waals surface area contributed by atoms with E-state index in [1.165, 1.54) is 0 Å². The van der Waals surface area contributed by atoms with E-state index in [1.807, 2.05) is 49.0 Å². The van der Waals surface area contributed by atoms with Gasteiger partial charge in [0.25, 0.3) is 5.91 Å². The molecular weight excluding hydrogens is 278 g/mol. The summed E-state index contributed by atoms with van der Waals surface area (Å²) in [5.74, 6) is 0.225. The van der Waals surface area contributed by atoms with Crippen LogP contribution in [0.1, 0.15) is 12.6 Å². The molecule has 0 bridgehead atoms. The first-order valence-corrected chi connectivity index (χ1v) is 6.91. The van der Waals surface area contributed by atoms with Gasteiger partial charge in [-0.2, -0.15) is 5.26 Å². The van der Waals surface area contributed by atoms with Crippen molar-refractivity contribution in [3.8, 4) is 11.8 Å². The lowest BCUT2D eigenvalue weighted by Gasteiger charge is -2.07. The molecule has 0 spiro atoms. The molecule has 0 saturated carbocycles. The average Bonchev–Trinajstić information content (AvgIpc) is 2.90. The molecule has 5 heteroatoms. The second-order valence-electron chi connectivity index (χ2n) is 4.63. The van der Waals surface area contributed by atoms with Crippen molar-refractivity contribution >= 4 is 17.7 Å². The van der Waals surface area contributed by atoms with Gasteiger partial charge in [-0.05, 0) is 37.3 Å². The normalized spacial score (nSPS) is 10.9. The molecule has 2 aromatic rings. The van der Waals surface area contributed by atoms with Crippen LogP contribution < -0.4 is 10.1 Å².